The number of nitrogens with zero attached hydrogens (tertiary/aromatic N) is 1. The minimum atomic E-state index is -3.98. The molecule has 4 rings (SSSR count). The smallest absolute Gasteiger partial charge is 0.407 e. The molecular formula is C28H39BN2O8S. The number of aliphatic hydroxyl groups is 1. The van der Waals surface area contributed by atoms with E-state index < -0.39 is 41.3 Å². The van der Waals surface area contributed by atoms with Crippen molar-refractivity contribution in [3.05, 3.63) is 60.2 Å². The first kappa shape index (κ1) is 30.5. The van der Waals surface area contributed by atoms with Crippen LogP contribution in [-0.4, -0.2) is 86.7 Å². The molecule has 12 heteroatoms. The van der Waals surface area contributed by atoms with Crippen molar-refractivity contribution in [1.82, 2.24) is 9.62 Å². The standard InChI is InChI=1S/C28H39BN2O8S/c1-19(2)16-31(40(35,36)22-11-9-21(10-12-22)29(3)34)17-25(32)24(15-20-7-5-4-6-8-20)30-28(33)39-26-18-38-27-23(26)13-14-37-27/h4-12,19,23-27,32,34H,13-18H2,1-3H3,(H,30,33)/t23-,24-,25+,26-,27+/m0/s1. The summed E-state index contributed by atoms with van der Waals surface area (Å²) in [5.74, 6) is -0.0525. The molecule has 2 fully saturated rings. The monoisotopic (exact) mass is 574 g/mol. The number of amides is 1. The van der Waals surface area contributed by atoms with Crippen LogP contribution in [0.1, 0.15) is 25.8 Å². The summed E-state index contributed by atoms with van der Waals surface area (Å²) in [5.41, 5.74) is 1.47. The Hall–Kier alpha value is -2.48. The minimum Gasteiger partial charge on any atom is -0.447 e. The lowest BCUT2D eigenvalue weighted by Gasteiger charge is -2.31. The summed E-state index contributed by atoms with van der Waals surface area (Å²) in [4.78, 5) is 13.0. The molecule has 0 spiro atoms. The molecule has 2 saturated heterocycles. The summed E-state index contributed by atoms with van der Waals surface area (Å²) < 4.78 is 45.2. The van der Waals surface area contributed by atoms with Crippen LogP contribution in [0.15, 0.2) is 59.5 Å². The van der Waals surface area contributed by atoms with Crippen LogP contribution >= 0.6 is 0 Å². The van der Waals surface area contributed by atoms with E-state index in [1.54, 1.807) is 19.0 Å². The van der Waals surface area contributed by atoms with E-state index in [-0.39, 0.29) is 49.1 Å². The number of sulfonamides is 1. The second-order valence-electron chi connectivity index (χ2n) is 10.9. The lowest BCUT2D eigenvalue weighted by Crippen LogP contribution is -2.51. The fraction of sp³-hybridized carbons (Fsp3) is 0.536. The summed E-state index contributed by atoms with van der Waals surface area (Å²) in [6.07, 6.45) is -1.75. The molecule has 3 N–H and O–H groups in total. The average Bonchev–Trinajstić information content (AvgIpc) is 3.53. The summed E-state index contributed by atoms with van der Waals surface area (Å²) in [7, 11) is -3.98. The predicted molar refractivity (Wildman–Crippen MR) is 151 cm³/mol. The van der Waals surface area contributed by atoms with Crippen molar-refractivity contribution in [3.8, 4) is 0 Å². The van der Waals surface area contributed by atoms with E-state index >= 15 is 0 Å². The Bertz CT molecular complexity index is 1210. The zero-order chi connectivity index (χ0) is 28.9. The van der Waals surface area contributed by atoms with Gasteiger partial charge in [0.05, 0.1) is 36.2 Å². The van der Waals surface area contributed by atoms with Gasteiger partial charge < -0.3 is 29.7 Å². The van der Waals surface area contributed by atoms with Crippen LogP contribution < -0.4 is 10.8 Å². The molecule has 2 aromatic rings. The van der Waals surface area contributed by atoms with Gasteiger partial charge in [0.1, 0.15) is 6.10 Å². The van der Waals surface area contributed by atoms with Gasteiger partial charge in [-0.25, -0.2) is 13.2 Å². The van der Waals surface area contributed by atoms with Crippen molar-refractivity contribution in [3.63, 3.8) is 0 Å². The lowest BCUT2D eigenvalue weighted by molar-refractivity contribution is -0.0907. The largest absolute Gasteiger partial charge is 0.447 e. The zero-order valence-corrected chi connectivity index (χ0v) is 24.0. The number of carbonyl (C=O) groups is 1. The third-order valence-electron chi connectivity index (χ3n) is 7.27. The molecule has 5 atom stereocenters. The maximum absolute atomic E-state index is 13.6. The van der Waals surface area contributed by atoms with E-state index in [1.165, 1.54) is 16.4 Å². The number of hydrogen-bond acceptors (Lipinski definition) is 8. The van der Waals surface area contributed by atoms with Crippen molar-refractivity contribution in [2.24, 2.45) is 11.8 Å². The second-order valence-corrected chi connectivity index (χ2v) is 12.9. The third-order valence-corrected chi connectivity index (χ3v) is 9.12. The Morgan fingerprint density at radius 3 is 2.48 bits per heavy atom. The van der Waals surface area contributed by atoms with Crippen molar-refractivity contribution in [2.75, 3.05) is 26.3 Å². The topological polar surface area (TPSA) is 135 Å². The molecule has 0 radical (unpaired) electrons. The minimum absolute atomic E-state index is 0.0202. The number of fused-ring (bicyclic) bond motifs is 1. The molecule has 2 aliphatic rings. The Balaban J connectivity index is 1.51. The number of rotatable bonds is 12. The Morgan fingerprint density at radius 2 is 1.82 bits per heavy atom. The molecule has 218 valence electrons. The van der Waals surface area contributed by atoms with Crippen LogP contribution in [-0.2, 0) is 30.7 Å². The van der Waals surface area contributed by atoms with Gasteiger partial charge in [-0.15, -0.1) is 0 Å². The summed E-state index contributed by atoms with van der Waals surface area (Å²) in [6, 6.07) is 14.6. The number of benzene rings is 2. The number of carbonyl (C=O) groups excluding carboxylic acids is 1. The Morgan fingerprint density at radius 1 is 1.12 bits per heavy atom. The van der Waals surface area contributed by atoms with Gasteiger partial charge in [-0.05, 0) is 41.9 Å². The van der Waals surface area contributed by atoms with Crippen LogP contribution in [0, 0.1) is 11.8 Å². The molecule has 0 aliphatic carbocycles. The first-order valence-electron chi connectivity index (χ1n) is 13.7. The van der Waals surface area contributed by atoms with E-state index in [4.69, 9.17) is 14.2 Å². The van der Waals surface area contributed by atoms with Gasteiger partial charge in [0.25, 0.3) is 0 Å². The fourth-order valence-corrected chi connectivity index (χ4v) is 6.72. The fourth-order valence-electron chi connectivity index (χ4n) is 5.10. The van der Waals surface area contributed by atoms with E-state index in [2.05, 4.69) is 5.32 Å². The van der Waals surface area contributed by atoms with Gasteiger partial charge in [0.15, 0.2) is 6.29 Å². The van der Waals surface area contributed by atoms with Gasteiger partial charge in [-0.1, -0.05) is 63.1 Å². The number of ether oxygens (including phenoxy) is 3. The first-order chi connectivity index (χ1) is 19.0. The number of nitrogens with one attached hydrogen (secondary N) is 1. The molecule has 0 unspecified atom stereocenters. The van der Waals surface area contributed by atoms with Crippen LogP contribution in [0.4, 0.5) is 4.79 Å². The molecule has 0 aromatic heterocycles. The highest BCUT2D eigenvalue weighted by molar-refractivity contribution is 7.89. The Labute approximate surface area is 236 Å². The molecule has 0 bridgehead atoms. The predicted octanol–water partition coefficient (Wildman–Crippen LogP) is 1.61. The van der Waals surface area contributed by atoms with Crippen molar-refractivity contribution >= 4 is 28.5 Å². The number of alkyl carbamates (subject to hydrolysis) is 1. The second kappa shape index (κ2) is 13.5. The molecule has 1 amide bonds. The summed E-state index contributed by atoms with van der Waals surface area (Å²) in [6.45, 7) is 5.40. The van der Waals surface area contributed by atoms with E-state index in [1.807, 2.05) is 44.2 Å². The Kier molecular flexibility index (Phi) is 10.3. The van der Waals surface area contributed by atoms with Gasteiger partial charge in [-0.3, -0.25) is 0 Å². The molecular weight excluding hydrogens is 535 g/mol. The first-order valence-corrected chi connectivity index (χ1v) is 15.2. The quantitative estimate of drug-likeness (QED) is 0.326. The summed E-state index contributed by atoms with van der Waals surface area (Å²) in [5, 5.41) is 24.0. The molecule has 40 heavy (non-hydrogen) atoms. The van der Waals surface area contributed by atoms with Crippen molar-refractivity contribution < 1.29 is 37.6 Å². The maximum Gasteiger partial charge on any atom is 0.407 e. The maximum atomic E-state index is 13.6. The molecule has 2 aliphatic heterocycles. The normalized spacial score (nSPS) is 22.2. The van der Waals surface area contributed by atoms with E-state index in [9.17, 15) is 23.3 Å². The molecule has 10 nitrogen and oxygen atoms in total. The van der Waals surface area contributed by atoms with E-state index in [0.29, 0.717) is 12.1 Å². The van der Waals surface area contributed by atoms with Gasteiger partial charge in [-0.2, -0.15) is 4.31 Å². The highest BCUT2D eigenvalue weighted by Crippen LogP contribution is 2.33. The zero-order valence-electron chi connectivity index (χ0n) is 23.2. The van der Waals surface area contributed by atoms with Gasteiger partial charge in [0, 0.05) is 13.1 Å². The van der Waals surface area contributed by atoms with Crippen molar-refractivity contribution in [2.45, 2.75) is 62.9 Å². The lowest BCUT2D eigenvalue weighted by atomic mass is 9.64. The number of aliphatic hydroxyl groups excluding tert-OH is 1. The third kappa shape index (κ3) is 7.62. The summed E-state index contributed by atoms with van der Waals surface area (Å²) >= 11 is 0. The highest BCUT2D eigenvalue weighted by atomic mass is 32.2. The SMILES string of the molecule is CB(O)c1ccc(S(=O)(=O)N(CC(C)C)C[C@@H](O)[C@H](Cc2ccccc2)NC(=O)O[C@H]2CO[C@H]3OCC[C@H]32)cc1. The van der Waals surface area contributed by atoms with Gasteiger partial charge in [0.2, 0.25) is 10.0 Å². The van der Waals surface area contributed by atoms with Crippen LogP contribution in [0.2, 0.25) is 6.82 Å². The van der Waals surface area contributed by atoms with Crippen LogP contribution in [0.25, 0.3) is 0 Å². The van der Waals surface area contributed by atoms with Crippen molar-refractivity contribution in [1.29, 1.82) is 0 Å². The van der Waals surface area contributed by atoms with Gasteiger partial charge >= 0.3 is 13.0 Å². The average molecular weight is 575 g/mol. The molecule has 0 saturated carbocycles. The van der Waals surface area contributed by atoms with Crippen LogP contribution in [0.3, 0.4) is 0 Å². The molecule has 2 heterocycles. The highest BCUT2D eigenvalue weighted by Gasteiger charge is 2.44. The van der Waals surface area contributed by atoms with E-state index in [0.717, 1.165) is 12.0 Å². The molecule has 2 aromatic carbocycles. The number of hydrogen-bond donors (Lipinski definition) is 3. The van der Waals surface area contributed by atoms with Crippen LogP contribution in [0.5, 0.6) is 0 Å².